The Labute approximate surface area is 216 Å². The lowest BCUT2D eigenvalue weighted by Gasteiger charge is -2.18. The van der Waals surface area contributed by atoms with Crippen molar-refractivity contribution >= 4 is 34.4 Å². The number of Topliss-reactive ketones (excluding diaryl/α,β-unsaturated/α-hetero) is 1. The van der Waals surface area contributed by atoms with Crippen LogP contribution in [0.5, 0.6) is 0 Å². The predicted molar refractivity (Wildman–Crippen MR) is 143 cm³/mol. The Hall–Kier alpha value is -2.43. The quantitative estimate of drug-likeness (QED) is 0.353. The molecule has 2 aliphatic rings. The molecule has 9 nitrogen and oxygen atoms in total. The van der Waals surface area contributed by atoms with E-state index < -0.39 is 11.9 Å². The number of aryl methyl sites for hydroxylation is 1. The largest absolute Gasteiger partial charge is 0.355 e. The molecule has 1 aromatic carbocycles. The van der Waals surface area contributed by atoms with Crippen molar-refractivity contribution in [2.45, 2.75) is 68.8 Å². The minimum Gasteiger partial charge on any atom is -0.355 e. The van der Waals surface area contributed by atoms with Gasteiger partial charge in [-0.25, -0.2) is 0 Å². The van der Waals surface area contributed by atoms with Crippen LogP contribution in [-0.2, 0) is 37.5 Å². The van der Waals surface area contributed by atoms with Gasteiger partial charge in [-0.2, -0.15) is 0 Å². The second-order valence-corrected chi connectivity index (χ2v) is 12.2. The van der Waals surface area contributed by atoms with Gasteiger partial charge in [0.05, 0.1) is 37.7 Å². The molecule has 0 saturated carbocycles. The summed E-state index contributed by atoms with van der Waals surface area (Å²) in [5.74, 6) is -0.174. The maximum atomic E-state index is 13.0. The highest BCUT2D eigenvalue weighted by molar-refractivity contribution is 7.94. The van der Waals surface area contributed by atoms with E-state index in [4.69, 9.17) is 5.73 Å². The van der Waals surface area contributed by atoms with Crippen molar-refractivity contribution in [2.24, 2.45) is 5.73 Å². The molecular weight excluding hydrogens is 478 g/mol. The number of carbonyl (C=O) groups excluding carboxylic acids is 4. The number of rotatable bonds is 2. The first-order valence-corrected chi connectivity index (χ1v) is 15.0. The Bertz CT molecular complexity index is 954. The summed E-state index contributed by atoms with van der Waals surface area (Å²) in [5, 5.41) is 11.5. The Morgan fingerprint density at radius 3 is 2.44 bits per heavy atom. The third-order valence-electron chi connectivity index (χ3n) is 6.71. The van der Waals surface area contributed by atoms with Crippen molar-refractivity contribution in [3.63, 3.8) is 0 Å². The summed E-state index contributed by atoms with van der Waals surface area (Å²) in [6.45, 7) is 0.0984. The van der Waals surface area contributed by atoms with E-state index in [0.717, 1.165) is 49.0 Å². The van der Waals surface area contributed by atoms with E-state index in [-0.39, 0.29) is 53.7 Å². The number of carbonyl (C=O) groups is 4. The molecule has 2 aliphatic heterocycles. The molecule has 198 valence electrons. The molecule has 2 heterocycles. The van der Waals surface area contributed by atoms with Gasteiger partial charge < -0.3 is 27.0 Å². The number of benzene rings is 1. The van der Waals surface area contributed by atoms with E-state index >= 15 is 0 Å². The third-order valence-corrected chi connectivity index (χ3v) is 7.60. The van der Waals surface area contributed by atoms with Crippen LogP contribution in [0.1, 0.15) is 60.0 Å². The molecule has 3 amide bonds. The molecule has 2 unspecified atom stereocenters. The van der Waals surface area contributed by atoms with Gasteiger partial charge in [0.25, 0.3) is 5.91 Å². The summed E-state index contributed by atoms with van der Waals surface area (Å²) in [6.07, 6.45) is 9.63. The maximum absolute atomic E-state index is 13.0. The second kappa shape index (κ2) is 13.8. The zero-order chi connectivity index (χ0) is 26.1. The molecule has 3 atom stereocenters. The highest BCUT2D eigenvalue weighted by atomic mass is 32.2. The molecule has 1 aromatic rings. The first-order valence-electron chi connectivity index (χ1n) is 12.8. The molecule has 0 radical (unpaired) electrons. The minimum absolute atomic E-state index is 0.0595. The molecule has 1 saturated heterocycles. The first kappa shape index (κ1) is 28.1. The predicted octanol–water partition coefficient (Wildman–Crippen LogP) is 0.160. The summed E-state index contributed by atoms with van der Waals surface area (Å²) in [5.41, 5.74) is 8.76. The van der Waals surface area contributed by atoms with Gasteiger partial charge in [-0.15, -0.1) is 0 Å². The summed E-state index contributed by atoms with van der Waals surface area (Å²) in [6, 6.07) is 5.51. The van der Waals surface area contributed by atoms with Gasteiger partial charge in [0, 0.05) is 23.7 Å². The van der Waals surface area contributed by atoms with Crippen LogP contribution in [0.4, 0.5) is 0 Å². The average molecular weight is 519 g/mol. The third kappa shape index (κ3) is 8.60. The lowest BCUT2D eigenvalue weighted by molar-refractivity contribution is -0.125. The van der Waals surface area contributed by atoms with E-state index in [1.165, 1.54) is 0 Å². The van der Waals surface area contributed by atoms with Gasteiger partial charge in [0.15, 0.2) is 5.78 Å². The summed E-state index contributed by atoms with van der Waals surface area (Å²) < 4.78 is 0. The van der Waals surface area contributed by atoms with Gasteiger partial charge in [-0.3, -0.25) is 19.2 Å². The fourth-order valence-electron chi connectivity index (χ4n) is 4.72. The number of ketones is 1. The fraction of sp³-hybridized carbons (Fsp3) is 0.615. The molecule has 0 spiro atoms. The van der Waals surface area contributed by atoms with Crippen molar-refractivity contribution in [1.82, 2.24) is 21.3 Å². The number of hydrogen-bond acceptors (Lipinski definition) is 6. The standard InChI is InChI=1S/C26H39N5O4S/c1-36(2)16-18-8-6-17-7-9-19-10-11-22(31-19)25(34)21(27)5-3-4-12-28-23(32)14-29-24(33)15-30-26(35)20(18)13-17/h6,8,13,19,21-22,31H,3-5,7,9-12,14-16,27H2,1-2H3,(H2-,28,29,30,32,33,35)/p+1/t19-,21?,22?/m1/s1. The Morgan fingerprint density at radius 2 is 1.67 bits per heavy atom. The molecular formula is C26H40N5O4S+. The van der Waals surface area contributed by atoms with Crippen LogP contribution >= 0.6 is 0 Å². The average Bonchev–Trinajstić information content (AvgIpc) is 3.32. The Kier molecular flexibility index (Phi) is 10.8. The summed E-state index contributed by atoms with van der Waals surface area (Å²) in [7, 11) is 0.107. The van der Waals surface area contributed by atoms with E-state index in [1.54, 1.807) is 0 Å². The Balaban J connectivity index is 1.73. The van der Waals surface area contributed by atoms with E-state index in [2.05, 4.69) is 39.8 Å². The summed E-state index contributed by atoms with van der Waals surface area (Å²) in [4.78, 5) is 50.0. The summed E-state index contributed by atoms with van der Waals surface area (Å²) >= 11 is 0. The molecule has 10 heteroatoms. The molecule has 0 aromatic heterocycles. The van der Waals surface area contributed by atoms with Crippen LogP contribution in [0.15, 0.2) is 18.2 Å². The maximum Gasteiger partial charge on any atom is 0.252 e. The molecule has 0 aliphatic carbocycles. The molecule has 1 fully saturated rings. The van der Waals surface area contributed by atoms with Gasteiger partial charge in [-0.05, 0) is 67.5 Å². The van der Waals surface area contributed by atoms with Crippen LogP contribution in [0.3, 0.4) is 0 Å². The van der Waals surface area contributed by atoms with Gasteiger partial charge in [0.1, 0.15) is 5.75 Å². The smallest absolute Gasteiger partial charge is 0.252 e. The van der Waals surface area contributed by atoms with Crippen molar-refractivity contribution in [3.8, 4) is 0 Å². The van der Waals surface area contributed by atoms with E-state index in [9.17, 15) is 19.2 Å². The van der Waals surface area contributed by atoms with Crippen molar-refractivity contribution in [1.29, 1.82) is 0 Å². The van der Waals surface area contributed by atoms with Crippen LogP contribution in [0.25, 0.3) is 0 Å². The first-order chi connectivity index (χ1) is 17.2. The van der Waals surface area contributed by atoms with Crippen molar-refractivity contribution < 1.29 is 19.2 Å². The zero-order valence-electron chi connectivity index (χ0n) is 21.4. The van der Waals surface area contributed by atoms with Crippen LogP contribution < -0.4 is 27.0 Å². The SMILES string of the molecule is C[S+](C)Cc1ccc2cc1C(=O)NCC(=O)NCC(=O)NCCCCC(N)C(=O)C1CC[C@@H](CC2)N1. The van der Waals surface area contributed by atoms with E-state index in [1.807, 2.05) is 12.1 Å². The monoisotopic (exact) mass is 518 g/mol. The highest BCUT2D eigenvalue weighted by Gasteiger charge is 2.31. The lowest BCUT2D eigenvalue weighted by Crippen LogP contribution is -2.45. The van der Waals surface area contributed by atoms with Crippen LogP contribution in [0.2, 0.25) is 0 Å². The van der Waals surface area contributed by atoms with Gasteiger partial charge in [-0.1, -0.05) is 12.1 Å². The van der Waals surface area contributed by atoms with E-state index in [0.29, 0.717) is 24.9 Å². The zero-order valence-corrected chi connectivity index (χ0v) is 22.2. The molecule has 36 heavy (non-hydrogen) atoms. The number of hydrogen-bond donors (Lipinski definition) is 5. The number of nitrogens with two attached hydrogens (primary N) is 1. The molecule has 6 N–H and O–H groups in total. The lowest BCUT2D eigenvalue weighted by atomic mass is 9.98. The molecule has 3 rings (SSSR count). The van der Waals surface area contributed by atoms with Crippen LogP contribution in [0, 0.1) is 0 Å². The normalized spacial score (nSPS) is 25.4. The molecule has 4 bridgehead atoms. The van der Waals surface area contributed by atoms with Crippen molar-refractivity contribution in [3.05, 3.63) is 34.9 Å². The Morgan fingerprint density at radius 1 is 0.917 bits per heavy atom. The second-order valence-electron chi connectivity index (χ2n) is 9.97. The highest BCUT2D eigenvalue weighted by Crippen LogP contribution is 2.21. The van der Waals surface area contributed by atoms with Crippen LogP contribution in [-0.4, -0.2) is 73.8 Å². The van der Waals surface area contributed by atoms with Gasteiger partial charge >= 0.3 is 0 Å². The van der Waals surface area contributed by atoms with Crippen molar-refractivity contribution in [2.75, 3.05) is 32.1 Å². The minimum atomic E-state index is -0.510. The number of nitrogens with one attached hydrogen (secondary N) is 4. The van der Waals surface area contributed by atoms with Gasteiger partial charge in [0.2, 0.25) is 11.8 Å². The number of amides is 3. The fourth-order valence-corrected chi connectivity index (χ4v) is 5.59. The topological polar surface area (TPSA) is 142 Å². The number of fused-ring (bicyclic) bond motifs is 4.